The fraction of sp³-hybridized carbons (Fsp3) is 0.875. The minimum absolute atomic E-state index is 0.198. The van der Waals surface area contributed by atoms with Gasteiger partial charge in [0.15, 0.2) is 0 Å². The number of alkyl halides is 2. The predicted molar refractivity (Wildman–Crippen MR) is 45.9 cm³/mol. The first kappa shape index (κ1) is 12.1. The second kappa shape index (κ2) is 5.22. The molecule has 1 heterocycles. The maximum Gasteiger partial charge on any atom is 0.407 e. The molecule has 0 unspecified atom stereocenters. The van der Waals surface area contributed by atoms with Crippen LogP contribution in [0.4, 0.5) is 13.6 Å². The maximum atomic E-state index is 11.8. The van der Waals surface area contributed by atoms with Crippen molar-refractivity contribution in [3.05, 3.63) is 0 Å². The Bertz CT molecular complexity index is 227. The van der Waals surface area contributed by atoms with Crippen molar-refractivity contribution in [2.75, 3.05) is 20.3 Å². The first-order chi connectivity index (χ1) is 7.04. The van der Waals surface area contributed by atoms with E-state index >= 15 is 0 Å². The van der Waals surface area contributed by atoms with E-state index in [1.165, 1.54) is 7.11 Å². The van der Waals surface area contributed by atoms with Crippen LogP contribution in [-0.2, 0) is 9.47 Å². The average molecular weight is 225 g/mol. The first-order valence-corrected chi connectivity index (χ1v) is 4.46. The van der Waals surface area contributed by atoms with Gasteiger partial charge in [0.05, 0.1) is 25.3 Å². The van der Waals surface area contributed by atoms with Gasteiger partial charge in [-0.15, -0.1) is 0 Å². The highest BCUT2D eigenvalue weighted by atomic mass is 19.3. The van der Waals surface area contributed by atoms with Crippen LogP contribution in [0.5, 0.6) is 0 Å². The van der Waals surface area contributed by atoms with Crippen LogP contribution in [0.2, 0.25) is 0 Å². The van der Waals surface area contributed by atoms with Gasteiger partial charge >= 0.3 is 12.7 Å². The molecule has 2 atom stereocenters. The van der Waals surface area contributed by atoms with E-state index < -0.39 is 18.7 Å². The topological polar surface area (TPSA) is 59.0 Å². The van der Waals surface area contributed by atoms with Gasteiger partial charge in [0.25, 0.3) is 0 Å². The fourth-order valence-corrected chi connectivity index (χ4v) is 1.62. The van der Waals surface area contributed by atoms with Crippen LogP contribution in [0.25, 0.3) is 0 Å². The molecule has 1 saturated heterocycles. The molecule has 1 fully saturated rings. The molecule has 1 aliphatic rings. The molecule has 0 saturated carbocycles. The smallest absolute Gasteiger partial charge is 0.407 e. The molecule has 0 aromatic rings. The third-order valence-corrected chi connectivity index (χ3v) is 2.37. The third-order valence-electron chi connectivity index (χ3n) is 2.37. The minimum atomic E-state index is -2.87. The van der Waals surface area contributed by atoms with E-state index in [4.69, 9.17) is 9.84 Å². The lowest BCUT2D eigenvalue weighted by Crippen LogP contribution is -2.37. The van der Waals surface area contributed by atoms with Crippen molar-refractivity contribution >= 4 is 6.09 Å². The average Bonchev–Trinajstić information content (AvgIpc) is 2.57. The molecular formula is C8H13F2NO4. The lowest BCUT2D eigenvalue weighted by Gasteiger charge is -2.20. The van der Waals surface area contributed by atoms with E-state index in [9.17, 15) is 13.6 Å². The number of hydrogen-bond donors (Lipinski definition) is 1. The van der Waals surface area contributed by atoms with Crippen LogP contribution in [-0.4, -0.2) is 55.1 Å². The monoisotopic (exact) mass is 225 g/mol. The SMILES string of the molecule is CO[C@H]1C[C@@H](COC(F)F)N(C(=O)O)C1. The summed E-state index contributed by atoms with van der Waals surface area (Å²) in [6.45, 7) is -2.98. The summed E-state index contributed by atoms with van der Waals surface area (Å²) >= 11 is 0. The molecule has 0 spiro atoms. The van der Waals surface area contributed by atoms with Crippen molar-refractivity contribution < 1.29 is 28.2 Å². The Labute approximate surface area is 85.6 Å². The number of hydrogen-bond acceptors (Lipinski definition) is 3. The second-order valence-corrected chi connectivity index (χ2v) is 3.28. The number of halogens is 2. The zero-order valence-corrected chi connectivity index (χ0v) is 8.23. The van der Waals surface area contributed by atoms with Crippen molar-refractivity contribution in [3.8, 4) is 0 Å². The molecule has 0 bridgehead atoms. The van der Waals surface area contributed by atoms with E-state index in [2.05, 4.69) is 4.74 Å². The number of amides is 1. The summed E-state index contributed by atoms with van der Waals surface area (Å²) in [5.41, 5.74) is 0. The highest BCUT2D eigenvalue weighted by Crippen LogP contribution is 2.20. The Morgan fingerprint density at radius 1 is 1.67 bits per heavy atom. The van der Waals surface area contributed by atoms with E-state index in [1.54, 1.807) is 0 Å². The lowest BCUT2D eigenvalue weighted by molar-refractivity contribution is -0.137. The maximum absolute atomic E-state index is 11.8. The molecular weight excluding hydrogens is 212 g/mol. The summed E-state index contributed by atoms with van der Waals surface area (Å²) in [7, 11) is 1.46. The summed E-state index contributed by atoms with van der Waals surface area (Å²) in [5, 5.41) is 8.79. The second-order valence-electron chi connectivity index (χ2n) is 3.28. The highest BCUT2D eigenvalue weighted by Gasteiger charge is 2.35. The Morgan fingerprint density at radius 2 is 2.33 bits per heavy atom. The first-order valence-electron chi connectivity index (χ1n) is 4.46. The molecule has 1 amide bonds. The van der Waals surface area contributed by atoms with Gasteiger partial charge in [-0.1, -0.05) is 0 Å². The number of nitrogens with zero attached hydrogens (tertiary/aromatic N) is 1. The highest BCUT2D eigenvalue weighted by molar-refractivity contribution is 5.66. The number of likely N-dealkylation sites (tertiary alicyclic amines) is 1. The quantitative estimate of drug-likeness (QED) is 0.775. The van der Waals surface area contributed by atoms with Crippen molar-refractivity contribution in [1.82, 2.24) is 4.90 Å². The summed E-state index contributed by atoms with van der Waals surface area (Å²) in [4.78, 5) is 11.8. The van der Waals surface area contributed by atoms with Crippen LogP contribution >= 0.6 is 0 Å². The van der Waals surface area contributed by atoms with Gasteiger partial charge in [0.1, 0.15) is 0 Å². The zero-order valence-electron chi connectivity index (χ0n) is 8.23. The van der Waals surface area contributed by atoms with Gasteiger partial charge in [-0.05, 0) is 6.42 Å². The van der Waals surface area contributed by atoms with Gasteiger partial charge in [-0.2, -0.15) is 8.78 Å². The molecule has 0 radical (unpaired) electrons. The standard InChI is InChI=1S/C8H13F2NO4/c1-14-6-2-5(4-15-7(9)10)11(3-6)8(12)13/h5-7H,2-4H2,1H3,(H,12,13)/t5-,6-/m0/s1. The van der Waals surface area contributed by atoms with Gasteiger partial charge in [-0.25, -0.2) is 4.79 Å². The zero-order chi connectivity index (χ0) is 11.4. The van der Waals surface area contributed by atoms with Crippen molar-refractivity contribution in [2.24, 2.45) is 0 Å². The van der Waals surface area contributed by atoms with Crippen molar-refractivity contribution in [3.63, 3.8) is 0 Å². The Kier molecular flexibility index (Phi) is 4.22. The van der Waals surface area contributed by atoms with Crippen molar-refractivity contribution in [2.45, 2.75) is 25.2 Å². The van der Waals surface area contributed by atoms with Gasteiger partial charge in [0.2, 0.25) is 0 Å². The Hall–Kier alpha value is -0.950. The van der Waals surface area contributed by atoms with Crippen LogP contribution < -0.4 is 0 Å². The summed E-state index contributed by atoms with van der Waals surface area (Å²) < 4.78 is 32.6. The number of carbonyl (C=O) groups is 1. The van der Waals surface area contributed by atoms with Gasteiger partial charge in [-0.3, -0.25) is 0 Å². The molecule has 0 aliphatic carbocycles. The number of ether oxygens (including phenoxy) is 2. The van der Waals surface area contributed by atoms with Crippen molar-refractivity contribution in [1.29, 1.82) is 0 Å². The van der Waals surface area contributed by atoms with E-state index in [0.29, 0.717) is 6.42 Å². The molecule has 1 aliphatic heterocycles. The van der Waals surface area contributed by atoms with E-state index in [1.807, 2.05) is 0 Å². The van der Waals surface area contributed by atoms with Crippen LogP contribution in [0.1, 0.15) is 6.42 Å². The number of methoxy groups -OCH3 is 1. The minimum Gasteiger partial charge on any atom is -0.465 e. The molecule has 1 rings (SSSR count). The van der Waals surface area contributed by atoms with E-state index in [-0.39, 0.29) is 19.3 Å². The number of carboxylic acid groups (broad SMARTS) is 1. The lowest BCUT2D eigenvalue weighted by atomic mass is 10.2. The molecule has 5 nitrogen and oxygen atoms in total. The molecule has 88 valence electrons. The normalized spacial score (nSPS) is 26.3. The van der Waals surface area contributed by atoms with Gasteiger partial charge in [0, 0.05) is 7.11 Å². The van der Waals surface area contributed by atoms with E-state index in [0.717, 1.165) is 4.90 Å². The number of rotatable bonds is 4. The van der Waals surface area contributed by atoms with Crippen LogP contribution in [0.3, 0.4) is 0 Å². The molecule has 0 aromatic heterocycles. The van der Waals surface area contributed by atoms with Gasteiger partial charge < -0.3 is 19.5 Å². The Morgan fingerprint density at radius 3 is 2.80 bits per heavy atom. The summed E-state index contributed by atoms with van der Waals surface area (Å²) in [6.07, 6.45) is -1.00. The third kappa shape index (κ3) is 3.28. The summed E-state index contributed by atoms with van der Waals surface area (Å²) in [6, 6.07) is -0.554. The molecule has 0 aromatic carbocycles. The largest absolute Gasteiger partial charge is 0.465 e. The van der Waals surface area contributed by atoms with Crippen LogP contribution in [0, 0.1) is 0 Å². The molecule has 7 heteroatoms. The fourth-order valence-electron chi connectivity index (χ4n) is 1.62. The Balaban J connectivity index is 2.49. The molecule has 1 N–H and O–H groups in total. The van der Waals surface area contributed by atoms with Crippen LogP contribution in [0.15, 0.2) is 0 Å². The molecule has 15 heavy (non-hydrogen) atoms. The predicted octanol–water partition coefficient (Wildman–Crippen LogP) is 0.993. The summed E-state index contributed by atoms with van der Waals surface area (Å²) in [5.74, 6) is 0.